The molecular formula is C14H16ClNO4. The Morgan fingerprint density at radius 2 is 2.15 bits per heavy atom. The highest BCUT2D eigenvalue weighted by Gasteiger charge is 2.27. The molecule has 1 atom stereocenters. The maximum absolute atomic E-state index is 11.8. The van der Waals surface area contributed by atoms with Gasteiger partial charge in [-0.2, -0.15) is 0 Å². The van der Waals surface area contributed by atoms with Gasteiger partial charge in [0.25, 0.3) is 0 Å². The van der Waals surface area contributed by atoms with Gasteiger partial charge >= 0.3 is 11.9 Å². The number of ether oxygens (including phenoxy) is 2. The molecule has 0 aromatic carbocycles. The van der Waals surface area contributed by atoms with E-state index in [-0.39, 0.29) is 17.3 Å². The van der Waals surface area contributed by atoms with Gasteiger partial charge < -0.3 is 9.47 Å². The third kappa shape index (κ3) is 4.06. The molecule has 0 radical (unpaired) electrons. The van der Waals surface area contributed by atoms with Crippen molar-refractivity contribution in [1.82, 2.24) is 4.98 Å². The maximum Gasteiger partial charge on any atom is 0.337 e. The minimum Gasteiger partial charge on any atom is -0.463 e. The molecular weight excluding hydrogens is 282 g/mol. The van der Waals surface area contributed by atoms with E-state index in [2.05, 4.69) is 11.6 Å². The van der Waals surface area contributed by atoms with Crippen LogP contribution in [0.4, 0.5) is 0 Å². The number of carbonyl (C=O) groups excluding carboxylic acids is 2. The summed E-state index contributed by atoms with van der Waals surface area (Å²) in [7, 11) is 0. The van der Waals surface area contributed by atoms with Crippen LogP contribution >= 0.6 is 11.6 Å². The van der Waals surface area contributed by atoms with Crippen LogP contribution in [0.2, 0.25) is 5.15 Å². The second-order valence-electron chi connectivity index (χ2n) is 4.13. The normalized spacial score (nSPS) is 11.6. The fourth-order valence-corrected chi connectivity index (χ4v) is 1.78. The highest BCUT2D eigenvalue weighted by atomic mass is 35.5. The fourth-order valence-electron chi connectivity index (χ4n) is 1.58. The van der Waals surface area contributed by atoms with Gasteiger partial charge in [-0.05, 0) is 25.5 Å². The van der Waals surface area contributed by atoms with Crippen LogP contribution in [0.15, 0.2) is 24.4 Å². The molecule has 1 heterocycles. The van der Waals surface area contributed by atoms with E-state index < -0.39 is 18.0 Å². The Kier molecular flexibility index (Phi) is 5.70. The van der Waals surface area contributed by atoms with Crippen LogP contribution in [0.5, 0.6) is 0 Å². The first kappa shape index (κ1) is 16.2. The van der Waals surface area contributed by atoms with Crippen LogP contribution < -0.4 is 0 Å². The van der Waals surface area contributed by atoms with Gasteiger partial charge in [0.05, 0.1) is 12.2 Å². The quantitative estimate of drug-likeness (QED) is 0.475. The van der Waals surface area contributed by atoms with E-state index >= 15 is 0 Å². The lowest BCUT2D eigenvalue weighted by atomic mass is 10.0. The number of esters is 2. The van der Waals surface area contributed by atoms with Gasteiger partial charge in [-0.3, -0.25) is 4.79 Å². The highest BCUT2D eigenvalue weighted by Crippen LogP contribution is 2.31. The number of aromatic nitrogens is 1. The van der Waals surface area contributed by atoms with Crippen molar-refractivity contribution in [2.24, 2.45) is 0 Å². The molecule has 6 heteroatoms. The average Bonchev–Trinajstić information content (AvgIpc) is 2.38. The molecule has 0 fully saturated rings. The monoisotopic (exact) mass is 297 g/mol. The van der Waals surface area contributed by atoms with Crippen LogP contribution in [-0.4, -0.2) is 23.5 Å². The third-order valence-corrected chi connectivity index (χ3v) is 2.74. The molecule has 0 saturated heterocycles. The molecule has 0 aliphatic rings. The summed E-state index contributed by atoms with van der Waals surface area (Å²) in [4.78, 5) is 27.0. The van der Waals surface area contributed by atoms with Crippen LogP contribution in [0.25, 0.3) is 0 Å². The molecule has 108 valence electrons. The number of hydrogen-bond donors (Lipinski definition) is 0. The Balaban J connectivity index is 3.18. The second kappa shape index (κ2) is 7.05. The van der Waals surface area contributed by atoms with Crippen molar-refractivity contribution in [3.05, 3.63) is 40.7 Å². The zero-order valence-corrected chi connectivity index (χ0v) is 12.4. The molecule has 1 aromatic heterocycles. The Hall–Kier alpha value is -1.88. The van der Waals surface area contributed by atoms with Crippen molar-refractivity contribution >= 4 is 23.5 Å². The van der Waals surface area contributed by atoms with Gasteiger partial charge in [0, 0.05) is 18.7 Å². The van der Waals surface area contributed by atoms with E-state index in [1.165, 1.54) is 6.92 Å². The number of rotatable bonds is 5. The predicted octanol–water partition coefficient (Wildman–Crippen LogP) is 2.77. The molecule has 5 nitrogen and oxygen atoms in total. The minimum atomic E-state index is -1.01. The van der Waals surface area contributed by atoms with Crippen molar-refractivity contribution in [3.8, 4) is 0 Å². The van der Waals surface area contributed by atoms with Crippen LogP contribution in [-0.2, 0) is 19.1 Å². The number of hydrogen-bond acceptors (Lipinski definition) is 5. The summed E-state index contributed by atoms with van der Waals surface area (Å²) < 4.78 is 10.0. The molecule has 0 saturated carbocycles. The van der Waals surface area contributed by atoms with E-state index in [1.54, 1.807) is 19.2 Å². The topological polar surface area (TPSA) is 65.5 Å². The molecule has 0 bridgehead atoms. The highest BCUT2D eigenvalue weighted by molar-refractivity contribution is 6.30. The zero-order valence-electron chi connectivity index (χ0n) is 11.6. The molecule has 1 rings (SSSR count). The summed E-state index contributed by atoms with van der Waals surface area (Å²) in [6.07, 6.45) is 0.565. The van der Waals surface area contributed by atoms with E-state index in [4.69, 9.17) is 21.1 Å². The Morgan fingerprint density at radius 1 is 1.50 bits per heavy atom. The lowest BCUT2D eigenvalue weighted by Gasteiger charge is -2.19. The number of nitrogens with zero attached hydrogens (tertiary/aromatic N) is 1. The first-order valence-corrected chi connectivity index (χ1v) is 6.39. The van der Waals surface area contributed by atoms with Crippen LogP contribution in [0.3, 0.4) is 0 Å². The molecule has 0 amide bonds. The van der Waals surface area contributed by atoms with Crippen LogP contribution in [0.1, 0.15) is 31.1 Å². The summed E-state index contributed by atoms with van der Waals surface area (Å²) in [5.74, 6) is -1.20. The Morgan fingerprint density at radius 3 is 2.70 bits per heavy atom. The molecule has 0 N–H and O–H groups in total. The van der Waals surface area contributed by atoms with Crippen molar-refractivity contribution in [2.45, 2.75) is 26.9 Å². The molecule has 20 heavy (non-hydrogen) atoms. The summed E-state index contributed by atoms with van der Waals surface area (Å²) in [6.45, 7) is 8.56. The van der Waals surface area contributed by atoms with E-state index in [0.717, 1.165) is 5.56 Å². The van der Waals surface area contributed by atoms with Gasteiger partial charge in [-0.15, -0.1) is 0 Å². The summed E-state index contributed by atoms with van der Waals surface area (Å²) >= 11 is 6.00. The first-order valence-electron chi connectivity index (χ1n) is 6.02. The standard InChI is InChI=1S/C14H16ClNO4/c1-5-19-14(18)9(3)12(20-10(4)17)11-6-8(2)7-16-13(11)15/h6-7,12H,3,5H2,1-2,4H3. The summed E-state index contributed by atoms with van der Waals surface area (Å²) in [6, 6.07) is 1.69. The average molecular weight is 298 g/mol. The van der Waals surface area contributed by atoms with Gasteiger partial charge in [0.15, 0.2) is 6.10 Å². The second-order valence-corrected chi connectivity index (χ2v) is 4.49. The SMILES string of the molecule is C=C(C(=O)OCC)C(OC(C)=O)c1cc(C)cnc1Cl. The number of aryl methyl sites for hydroxylation is 1. The van der Waals surface area contributed by atoms with Crippen molar-refractivity contribution < 1.29 is 19.1 Å². The zero-order chi connectivity index (χ0) is 15.3. The predicted molar refractivity (Wildman–Crippen MR) is 74.3 cm³/mol. The van der Waals surface area contributed by atoms with Crippen molar-refractivity contribution in [1.29, 1.82) is 0 Å². The number of carbonyl (C=O) groups is 2. The summed E-state index contributed by atoms with van der Waals surface area (Å²) in [5, 5.41) is 0.146. The number of pyridine rings is 1. The third-order valence-electron chi connectivity index (χ3n) is 2.42. The molecule has 0 aliphatic heterocycles. The number of halogens is 1. The van der Waals surface area contributed by atoms with Crippen molar-refractivity contribution in [3.63, 3.8) is 0 Å². The van der Waals surface area contributed by atoms with E-state index in [9.17, 15) is 9.59 Å². The molecule has 0 aliphatic carbocycles. The van der Waals surface area contributed by atoms with Crippen molar-refractivity contribution in [2.75, 3.05) is 6.61 Å². The lowest BCUT2D eigenvalue weighted by molar-refractivity contribution is -0.147. The van der Waals surface area contributed by atoms with Crippen LogP contribution in [0, 0.1) is 6.92 Å². The lowest BCUT2D eigenvalue weighted by Crippen LogP contribution is -2.19. The largest absolute Gasteiger partial charge is 0.463 e. The Bertz CT molecular complexity index is 542. The molecule has 1 aromatic rings. The molecule has 1 unspecified atom stereocenters. The smallest absolute Gasteiger partial charge is 0.337 e. The maximum atomic E-state index is 11.8. The van der Waals surface area contributed by atoms with Gasteiger partial charge in [-0.1, -0.05) is 18.2 Å². The van der Waals surface area contributed by atoms with Gasteiger partial charge in [0.2, 0.25) is 0 Å². The van der Waals surface area contributed by atoms with Gasteiger partial charge in [0.1, 0.15) is 5.15 Å². The van der Waals surface area contributed by atoms with E-state index in [1.807, 2.05) is 6.92 Å². The van der Waals surface area contributed by atoms with Gasteiger partial charge in [-0.25, -0.2) is 9.78 Å². The minimum absolute atomic E-state index is 0.00338. The first-order chi connectivity index (χ1) is 9.36. The fraction of sp³-hybridized carbons (Fsp3) is 0.357. The molecule has 0 spiro atoms. The Labute approximate surface area is 122 Å². The summed E-state index contributed by atoms with van der Waals surface area (Å²) in [5.41, 5.74) is 1.22. The van der Waals surface area contributed by atoms with E-state index in [0.29, 0.717) is 5.56 Å².